The van der Waals surface area contributed by atoms with Gasteiger partial charge in [0.1, 0.15) is 5.75 Å². The van der Waals surface area contributed by atoms with E-state index in [0.29, 0.717) is 24.2 Å². The van der Waals surface area contributed by atoms with E-state index in [-0.39, 0.29) is 10.8 Å². The summed E-state index contributed by atoms with van der Waals surface area (Å²) < 4.78 is 31.9. The van der Waals surface area contributed by atoms with Crippen LogP contribution in [0.25, 0.3) is 0 Å². The van der Waals surface area contributed by atoms with E-state index in [4.69, 9.17) is 4.74 Å². The number of benzene rings is 3. The van der Waals surface area contributed by atoms with E-state index in [1.165, 1.54) is 11.4 Å². The van der Waals surface area contributed by atoms with E-state index in [0.717, 1.165) is 11.3 Å². The average Bonchev–Trinajstić information content (AvgIpc) is 2.79. The Morgan fingerprint density at radius 3 is 2.33 bits per heavy atom. The third-order valence-electron chi connectivity index (χ3n) is 4.73. The van der Waals surface area contributed by atoms with E-state index in [2.05, 4.69) is 5.32 Å². The summed E-state index contributed by atoms with van der Waals surface area (Å²) in [6.45, 7) is 0.466. The van der Waals surface area contributed by atoms with Crippen LogP contribution in [-0.4, -0.2) is 35.0 Å². The molecule has 6 nitrogen and oxygen atoms in total. The smallest absolute Gasteiger partial charge is 0.264 e. The zero-order valence-corrected chi connectivity index (χ0v) is 17.7. The molecule has 0 aliphatic heterocycles. The highest BCUT2D eigenvalue weighted by molar-refractivity contribution is 7.92. The Hall–Kier alpha value is -3.32. The lowest BCUT2D eigenvalue weighted by atomic mass is 10.1. The first-order chi connectivity index (χ1) is 14.4. The Balaban J connectivity index is 1.66. The summed E-state index contributed by atoms with van der Waals surface area (Å²) in [5.74, 6) is 0.532. The third-order valence-corrected chi connectivity index (χ3v) is 6.53. The monoisotopic (exact) mass is 424 g/mol. The number of hydrogen-bond acceptors (Lipinski definition) is 4. The molecule has 0 radical (unpaired) electrons. The SMILES string of the molecule is COc1ccc(CCNC(=O)c2cccc(N(C)S(=O)(=O)c3ccccc3)c2)cc1. The molecule has 1 amide bonds. The molecule has 0 spiro atoms. The lowest BCUT2D eigenvalue weighted by Crippen LogP contribution is -2.28. The minimum Gasteiger partial charge on any atom is -0.497 e. The van der Waals surface area contributed by atoms with Crippen molar-refractivity contribution in [2.45, 2.75) is 11.3 Å². The van der Waals surface area contributed by atoms with Crippen LogP contribution in [0.1, 0.15) is 15.9 Å². The predicted octanol–water partition coefficient (Wildman–Crippen LogP) is 3.49. The molecular weight excluding hydrogens is 400 g/mol. The number of methoxy groups -OCH3 is 1. The van der Waals surface area contributed by atoms with Crippen molar-refractivity contribution in [3.63, 3.8) is 0 Å². The van der Waals surface area contributed by atoms with E-state index >= 15 is 0 Å². The van der Waals surface area contributed by atoms with Crippen molar-refractivity contribution in [3.05, 3.63) is 90.0 Å². The van der Waals surface area contributed by atoms with Gasteiger partial charge in [0.05, 0.1) is 17.7 Å². The molecule has 0 aromatic heterocycles. The van der Waals surface area contributed by atoms with Crippen LogP contribution in [0.5, 0.6) is 5.75 Å². The summed E-state index contributed by atoms with van der Waals surface area (Å²) >= 11 is 0. The van der Waals surface area contributed by atoms with Crippen LogP contribution < -0.4 is 14.4 Å². The number of rotatable bonds is 8. The molecule has 0 aliphatic rings. The fourth-order valence-electron chi connectivity index (χ4n) is 2.95. The Morgan fingerprint density at radius 1 is 0.967 bits per heavy atom. The molecule has 0 aliphatic carbocycles. The van der Waals surface area contributed by atoms with Crippen LogP contribution in [0.15, 0.2) is 83.8 Å². The van der Waals surface area contributed by atoms with Crippen LogP contribution >= 0.6 is 0 Å². The van der Waals surface area contributed by atoms with Crippen LogP contribution in [-0.2, 0) is 16.4 Å². The van der Waals surface area contributed by atoms with E-state index in [1.54, 1.807) is 61.7 Å². The Labute approximate surface area is 177 Å². The van der Waals surface area contributed by atoms with Gasteiger partial charge in [-0.1, -0.05) is 36.4 Å². The molecule has 0 bridgehead atoms. The molecule has 0 atom stereocenters. The average molecular weight is 425 g/mol. The molecule has 1 N–H and O–H groups in total. The fraction of sp³-hybridized carbons (Fsp3) is 0.174. The normalized spacial score (nSPS) is 11.0. The van der Waals surface area contributed by atoms with Crippen molar-refractivity contribution in [2.75, 3.05) is 25.0 Å². The number of ether oxygens (including phenoxy) is 1. The highest BCUT2D eigenvalue weighted by Gasteiger charge is 2.21. The van der Waals surface area contributed by atoms with Gasteiger partial charge in [-0.2, -0.15) is 0 Å². The van der Waals surface area contributed by atoms with Crippen molar-refractivity contribution in [1.82, 2.24) is 5.32 Å². The molecule has 0 saturated heterocycles. The number of nitrogens with zero attached hydrogens (tertiary/aromatic N) is 1. The zero-order valence-electron chi connectivity index (χ0n) is 16.9. The van der Waals surface area contributed by atoms with E-state index < -0.39 is 10.0 Å². The highest BCUT2D eigenvalue weighted by atomic mass is 32.2. The van der Waals surface area contributed by atoms with E-state index in [1.807, 2.05) is 24.3 Å². The van der Waals surface area contributed by atoms with Gasteiger partial charge in [0.25, 0.3) is 15.9 Å². The second-order valence-electron chi connectivity index (χ2n) is 6.69. The molecular formula is C23H24N2O4S. The Morgan fingerprint density at radius 2 is 1.67 bits per heavy atom. The van der Waals surface area contributed by atoms with Gasteiger partial charge in [0, 0.05) is 19.2 Å². The summed E-state index contributed by atoms with van der Waals surface area (Å²) in [6.07, 6.45) is 0.678. The summed E-state index contributed by atoms with van der Waals surface area (Å²) in [5.41, 5.74) is 1.90. The van der Waals surface area contributed by atoms with Gasteiger partial charge >= 0.3 is 0 Å². The highest BCUT2D eigenvalue weighted by Crippen LogP contribution is 2.22. The summed E-state index contributed by atoms with van der Waals surface area (Å²) in [7, 11) is -0.610. The second kappa shape index (κ2) is 9.45. The van der Waals surface area contributed by atoms with Crippen molar-refractivity contribution < 1.29 is 17.9 Å². The first kappa shape index (κ1) is 21.4. The Bertz CT molecular complexity index is 1100. The van der Waals surface area contributed by atoms with Gasteiger partial charge in [0.15, 0.2) is 0 Å². The summed E-state index contributed by atoms with van der Waals surface area (Å²) in [4.78, 5) is 12.7. The van der Waals surface area contributed by atoms with Crippen molar-refractivity contribution >= 4 is 21.6 Å². The lowest BCUT2D eigenvalue weighted by Gasteiger charge is -2.20. The number of hydrogen-bond donors (Lipinski definition) is 1. The number of anilines is 1. The van der Waals surface area contributed by atoms with Crippen molar-refractivity contribution in [3.8, 4) is 5.75 Å². The maximum atomic E-state index is 12.8. The summed E-state index contributed by atoms with van der Waals surface area (Å²) in [5, 5.41) is 2.87. The van der Waals surface area contributed by atoms with Crippen molar-refractivity contribution in [2.24, 2.45) is 0 Å². The first-order valence-corrected chi connectivity index (χ1v) is 10.9. The topological polar surface area (TPSA) is 75.7 Å². The minimum atomic E-state index is -3.70. The first-order valence-electron chi connectivity index (χ1n) is 9.47. The van der Waals surface area contributed by atoms with E-state index in [9.17, 15) is 13.2 Å². The zero-order chi connectivity index (χ0) is 21.6. The molecule has 0 fully saturated rings. The van der Waals surface area contributed by atoms with Gasteiger partial charge in [0.2, 0.25) is 0 Å². The molecule has 156 valence electrons. The second-order valence-corrected chi connectivity index (χ2v) is 8.66. The predicted molar refractivity (Wildman–Crippen MR) is 118 cm³/mol. The van der Waals surface area contributed by atoms with Gasteiger partial charge < -0.3 is 10.1 Å². The molecule has 3 rings (SSSR count). The molecule has 0 unspecified atom stereocenters. The largest absolute Gasteiger partial charge is 0.497 e. The molecule has 0 heterocycles. The Kier molecular flexibility index (Phi) is 6.74. The molecule has 0 saturated carbocycles. The number of carbonyl (C=O) groups is 1. The number of carbonyl (C=O) groups excluding carboxylic acids is 1. The third kappa shape index (κ3) is 4.99. The van der Waals surface area contributed by atoms with Gasteiger partial charge in [-0.05, 0) is 54.4 Å². The minimum absolute atomic E-state index is 0.196. The van der Waals surface area contributed by atoms with Gasteiger partial charge in [-0.15, -0.1) is 0 Å². The quantitative estimate of drug-likeness (QED) is 0.601. The van der Waals surface area contributed by atoms with Crippen LogP contribution in [0.2, 0.25) is 0 Å². The van der Waals surface area contributed by atoms with Gasteiger partial charge in [-0.25, -0.2) is 8.42 Å². The fourth-order valence-corrected chi connectivity index (χ4v) is 4.16. The van der Waals surface area contributed by atoms with Crippen molar-refractivity contribution in [1.29, 1.82) is 0 Å². The molecule has 30 heavy (non-hydrogen) atoms. The number of amides is 1. The maximum absolute atomic E-state index is 12.8. The van der Waals surface area contributed by atoms with Gasteiger partial charge in [-0.3, -0.25) is 9.10 Å². The number of sulfonamides is 1. The maximum Gasteiger partial charge on any atom is 0.264 e. The van der Waals surface area contributed by atoms with Crippen LogP contribution in [0.4, 0.5) is 5.69 Å². The molecule has 7 heteroatoms. The standard InChI is InChI=1S/C23H24N2O4S/c1-25(30(27,28)22-9-4-3-5-10-22)20-8-6-7-19(17-20)23(26)24-16-15-18-11-13-21(29-2)14-12-18/h3-14,17H,15-16H2,1-2H3,(H,24,26). The molecule has 3 aromatic carbocycles. The summed E-state index contributed by atoms with van der Waals surface area (Å²) in [6, 6.07) is 22.4. The molecule has 3 aromatic rings. The number of nitrogens with one attached hydrogen (secondary N) is 1. The lowest BCUT2D eigenvalue weighted by molar-refractivity contribution is 0.0954. The van der Waals surface area contributed by atoms with Crippen LogP contribution in [0, 0.1) is 0 Å². The van der Waals surface area contributed by atoms with Crippen LogP contribution in [0.3, 0.4) is 0 Å².